The van der Waals surface area contributed by atoms with E-state index in [2.05, 4.69) is 0 Å². The van der Waals surface area contributed by atoms with Crippen molar-refractivity contribution >= 4 is 52.9 Å². The highest BCUT2D eigenvalue weighted by atomic mass is 32.2. The standard InChI is InChI=1S/C60H50O10S/c1-65-49-17-13-37-25-45(9-5-41(37)29-49)55-33-53(34-56(59(55)69-23-21-61)46-10-6-42-30-50(66-2)18-14-38(42)26-46)71(63,64)54-35-57(47-11-7-43-31-51(67-3)19-15-39(43)27-47)60(70-24-22-62)58(36-54)48-12-8-44-32-52(68-4)20-16-40(44)28-48/h5-20,25-36,61-62H,21-24H2,1-4H3. The van der Waals surface area contributed by atoms with Gasteiger partial charge in [0.05, 0.1) is 51.4 Å². The molecule has 0 amide bonds. The van der Waals surface area contributed by atoms with Gasteiger partial charge in [0.25, 0.3) is 0 Å². The van der Waals surface area contributed by atoms with Crippen molar-refractivity contribution in [2.75, 3.05) is 54.9 Å². The summed E-state index contributed by atoms with van der Waals surface area (Å²) in [5.41, 5.74) is 4.87. The molecule has 0 saturated heterocycles. The van der Waals surface area contributed by atoms with Crippen LogP contribution in [0.15, 0.2) is 180 Å². The van der Waals surface area contributed by atoms with Gasteiger partial charge in [0.1, 0.15) is 47.7 Å². The lowest BCUT2D eigenvalue weighted by molar-refractivity contribution is 0.202. The molecule has 0 unspecified atom stereocenters. The summed E-state index contributed by atoms with van der Waals surface area (Å²) in [6.45, 7) is -0.620. The van der Waals surface area contributed by atoms with Gasteiger partial charge in [-0.25, -0.2) is 8.42 Å². The first-order chi connectivity index (χ1) is 34.6. The first-order valence-electron chi connectivity index (χ1n) is 23.0. The molecule has 0 aliphatic carbocycles. The van der Waals surface area contributed by atoms with Gasteiger partial charge in [0.2, 0.25) is 9.84 Å². The number of benzene rings is 10. The number of methoxy groups -OCH3 is 4. The molecule has 0 bridgehead atoms. The summed E-state index contributed by atoms with van der Waals surface area (Å²) in [7, 11) is 2.07. The molecule has 0 aromatic heterocycles. The second kappa shape index (κ2) is 19.7. The molecule has 10 rings (SSSR count). The zero-order chi connectivity index (χ0) is 49.2. The SMILES string of the molecule is COc1ccc2cc(-c3cc(S(=O)(=O)c4cc(-c5ccc6cc(OC)ccc6c5)c(OCCO)c(-c5ccc6cc(OC)ccc6c5)c4)cc(-c4ccc5cc(OC)ccc5c4)c3OCCO)ccc2c1. The molecule has 0 spiro atoms. The van der Waals surface area contributed by atoms with Crippen molar-refractivity contribution in [3.8, 4) is 79.0 Å². The highest BCUT2D eigenvalue weighted by Gasteiger charge is 2.28. The summed E-state index contributed by atoms with van der Waals surface area (Å²) < 4.78 is 66.8. The summed E-state index contributed by atoms with van der Waals surface area (Å²) in [6.07, 6.45) is 0. The van der Waals surface area contributed by atoms with Crippen LogP contribution < -0.4 is 28.4 Å². The minimum Gasteiger partial charge on any atom is -0.497 e. The molecule has 0 atom stereocenters. The normalized spacial score (nSPS) is 11.6. The second-order valence-electron chi connectivity index (χ2n) is 17.1. The Hall–Kier alpha value is -8.09. The van der Waals surface area contributed by atoms with Gasteiger partial charge < -0.3 is 38.6 Å². The molecule has 0 heterocycles. The minimum absolute atomic E-state index is 0.0145. The van der Waals surface area contributed by atoms with Gasteiger partial charge in [-0.05, 0) is 162 Å². The first kappa shape index (κ1) is 46.6. The van der Waals surface area contributed by atoms with E-state index in [1.807, 2.05) is 146 Å². The van der Waals surface area contributed by atoms with Crippen LogP contribution in [0.25, 0.3) is 87.6 Å². The monoisotopic (exact) mass is 962 g/mol. The molecule has 0 aliphatic heterocycles. The average Bonchev–Trinajstić information content (AvgIpc) is 3.42. The van der Waals surface area contributed by atoms with Crippen LogP contribution in [0, 0.1) is 0 Å². The fourth-order valence-corrected chi connectivity index (χ4v) is 10.6. The van der Waals surface area contributed by atoms with Crippen LogP contribution in [-0.2, 0) is 9.84 Å². The van der Waals surface area contributed by atoms with Gasteiger partial charge in [0.15, 0.2) is 0 Å². The zero-order valence-corrected chi connectivity index (χ0v) is 40.4. The summed E-state index contributed by atoms with van der Waals surface area (Å²) in [6, 6.07) is 53.4. The van der Waals surface area contributed by atoms with E-state index < -0.39 is 9.84 Å². The van der Waals surface area contributed by atoms with Gasteiger partial charge >= 0.3 is 0 Å². The van der Waals surface area contributed by atoms with Crippen LogP contribution in [0.5, 0.6) is 34.5 Å². The molecule has 10 aromatic carbocycles. The Morgan fingerprint density at radius 1 is 0.338 bits per heavy atom. The van der Waals surface area contributed by atoms with Crippen molar-refractivity contribution in [3.63, 3.8) is 0 Å². The van der Waals surface area contributed by atoms with Crippen LogP contribution in [-0.4, -0.2) is 73.5 Å². The number of sulfone groups is 1. The average molecular weight is 963 g/mol. The third kappa shape index (κ3) is 9.14. The number of fused-ring (bicyclic) bond motifs is 4. The molecule has 0 radical (unpaired) electrons. The Morgan fingerprint density at radius 3 is 0.817 bits per heavy atom. The van der Waals surface area contributed by atoms with Gasteiger partial charge in [-0.3, -0.25) is 0 Å². The third-order valence-electron chi connectivity index (χ3n) is 12.9. The molecule has 0 aliphatic rings. The van der Waals surface area contributed by atoms with E-state index in [4.69, 9.17) is 28.4 Å². The fourth-order valence-electron chi connectivity index (χ4n) is 9.19. The maximum Gasteiger partial charge on any atom is 0.206 e. The molecule has 10 aromatic rings. The quantitative estimate of drug-likeness (QED) is 0.0965. The molecule has 2 N–H and O–H groups in total. The van der Waals surface area contributed by atoms with Crippen LogP contribution in [0.2, 0.25) is 0 Å². The lowest BCUT2D eigenvalue weighted by Gasteiger charge is -2.21. The second-order valence-corrected chi connectivity index (χ2v) is 19.0. The third-order valence-corrected chi connectivity index (χ3v) is 14.6. The predicted octanol–water partition coefficient (Wildman–Crippen LogP) is 12.6. The minimum atomic E-state index is -4.42. The lowest BCUT2D eigenvalue weighted by atomic mass is 9.94. The van der Waals surface area contributed by atoms with E-state index in [9.17, 15) is 10.2 Å². The van der Waals surface area contributed by atoms with E-state index in [-0.39, 0.29) is 36.2 Å². The topological polar surface area (TPSA) is 130 Å². The number of aliphatic hydroxyl groups is 2. The number of rotatable bonds is 16. The van der Waals surface area contributed by atoms with E-state index in [0.717, 1.165) is 43.1 Å². The Bertz CT molecular complexity index is 3320. The summed E-state index contributed by atoms with van der Waals surface area (Å²) >= 11 is 0. The van der Waals surface area contributed by atoms with Gasteiger partial charge in [0, 0.05) is 22.3 Å². The van der Waals surface area contributed by atoms with Gasteiger partial charge in [-0.1, -0.05) is 72.8 Å². The smallest absolute Gasteiger partial charge is 0.206 e. The van der Waals surface area contributed by atoms with Crippen molar-refractivity contribution < 1.29 is 47.1 Å². The maximum absolute atomic E-state index is 15.9. The number of hydrogen-bond acceptors (Lipinski definition) is 10. The molecular formula is C60H50O10S. The van der Waals surface area contributed by atoms with Gasteiger partial charge in [-0.15, -0.1) is 0 Å². The molecule has 10 nitrogen and oxygen atoms in total. The lowest BCUT2D eigenvalue weighted by Crippen LogP contribution is -2.09. The summed E-state index contributed by atoms with van der Waals surface area (Å²) in [5, 5.41) is 27.7. The highest BCUT2D eigenvalue weighted by Crippen LogP contribution is 2.47. The number of hydrogen-bond donors (Lipinski definition) is 2. The molecule has 11 heteroatoms. The first-order valence-corrected chi connectivity index (χ1v) is 24.5. The zero-order valence-electron chi connectivity index (χ0n) is 39.6. The molecule has 0 fully saturated rings. The van der Waals surface area contributed by atoms with Crippen LogP contribution in [0.4, 0.5) is 0 Å². The molecule has 0 saturated carbocycles. The fraction of sp³-hybridized carbons (Fsp3) is 0.133. The predicted molar refractivity (Wildman–Crippen MR) is 281 cm³/mol. The number of ether oxygens (including phenoxy) is 6. The Labute approximate surface area is 411 Å². The van der Waals surface area contributed by atoms with E-state index in [1.165, 1.54) is 0 Å². The summed E-state index contributed by atoms with van der Waals surface area (Å²) in [4.78, 5) is 0.0290. The van der Waals surface area contributed by atoms with Crippen molar-refractivity contribution in [2.24, 2.45) is 0 Å². The molecular weight excluding hydrogens is 913 g/mol. The van der Waals surface area contributed by atoms with Crippen molar-refractivity contribution in [1.29, 1.82) is 0 Å². The molecule has 71 heavy (non-hydrogen) atoms. The van der Waals surface area contributed by atoms with Crippen LogP contribution in [0.3, 0.4) is 0 Å². The Morgan fingerprint density at radius 2 is 0.577 bits per heavy atom. The van der Waals surface area contributed by atoms with Crippen molar-refractivity contribution in [2.45, 2.75) is 9.79 Å². The van der Waals surface area contributed by atoms with Crippen LogP contribution >= 0.6 is 0 Å². The highest BCUT2D eigenvalue weighted by molar-refractivity contribution is 7.91. The Kier molecular flexibility index (Phi) is 13.0. The molecule has 356 valence electrons. The van der Waals surface area contributed by atoms with Crippen molar-refractivity contribution in [3.05, 3.63) is 170 Å². The Balaban J connectivity index is 1.24. The van der Waals surface area contributed by atoms with Crippen LogP contribution in [0.1, 0.15) is 0 Å². The summed E-state index contributed by atoms with van der Waals surface area (Å²) in [5.74, 6) is 3.66. The van der Waals surface area contributed by atoms with E-state index >= 15 is 8.42 Å². The largest absolute Gasteiger partial charge is 0.497 e. The van der Waals surface area contributed by atoms with Gasteiger partial charge in [-0.2, -0.15) is 0 Å². The van der Waals surface area contributed by atoms with E-state index in [1.54, 1.807) is 52.7 Å². The van der Waals surface area contributed by atoms with E-state index in [0.29, 0.717) is 79.0 Å². The number of aliphatic hydroxyl groups excluding tert-OH is 2. The van der Waals surface area contributed by atoms with Crippen molar-refractivity contribution in [1.82, 2.24) is 0 Å². The maximum atomic E-state index is 15.9.